The first-order valence-corrected chi connectivity index (χ1v) is 7.75. The topological polar surface area (TPSA) is 52.9 Å². The molecule has 0 radical (unpaired) electrons. The van der Waals surface area contributed by atoms with Gasteiger partial charge in [-0.3, -0.25) is 4.79 Å². The van der Waals surface area contributed by atoms with Crippen LogP contribution in [0.3, 0.4) is 0 Å². The smallest absolute Gasteiger partial charge is 0.229 e. The quantitative estimate of drug-likeness (QED) is 0.921. The molecular formula is C17H17FN2OS. The zero-order valence-electron chi connectivity index (χ0n) is 12.7. The molecule has 0 spiro atoms. The Morgan fingerprint density at radius 3 is 2.50 bits per heavy atom. The van der Waals surface area contributed by atoms with Crippen molar-refractivity contribution in [3.63, 3.8) is 0 Å². The maximum atomic E-state index is 12.8. The number of anilines is 1. The predicted molar refractivity (Wildman–Crippen MR) is 86.5 cm³/mol. The van der Waals surface area contributed by atoms with Crippen molar-refractivity contribution >= 4 is 22.2 Å². The third-order valence-electron chi connectivity index (χ3n) is 3.24. The highest BCUT2D eigenvalue weighted by atomic mass is 32.1. The van der Waals surface area contributed by atoms with Crippen LogP contribution in [-0.2, 0) is 16.6 Å². The highest BCUT2D eigenvalue weighted by Gasteiger charge is 2.23. The summed E-state index contributed by atoms with van der Waals surface area (Å²) in [4.78, 5) is 12.1. The first-order valence-electron chi connectivity index (χ1n) is 6.87. The van der Waals surface area contributed by atoms with Gasteiger partial charge < -0.3 is 5.32 Å². The summed E-state index contributed by atoms with van der Waals surface area (Å²) in [5.74, 6) is -0.547. The number of nitrogens with zero attached hydrogens (tertiary/aromatic N) is 1. The molecule has 2 rings (SSSR count). The number of carbonyl (C=O) groups excluding carboxylic acids is 1. The molecule has 0 aliphatic rings. The maximum Gasteiger partial charge on any atom is 0.229 e. The molecule has 0 saturated heterocycles. The van der Waals surface area contributed by atoms with Gasteiger partial charge >= 0.3 is 0 Å². The summed E-state index contributed by atoms with van der Waals surface area (Å²) in [5.41, 5.74) is 2.02. The van der Waals surface area contributed by atoms with Crippen molar-refractivity contribution < 1.29 is 9.18 Å². The molecule has 0 unspecified atom stereocenters. The van der Waals surface area contributed by atoms with Crippen LogP contribution in [0.25, 0.3) is 0 Å². The summed E-state index contributed by atoms with van der Waals surface area (Å²) in [6, 6.07) is 7.98. The molecule has 22 heavy (non-hydrogen) atoms. The van der Waals surface area contributed by atoms with Crippen LogP contribution < -0.4 is 5.32 Å². The molecule has 1 amide bonds. The fraction of sp³-hybridized carbons (Fsp3) is 0.294. The van der Waals surface area contributed by atoms with E-state index in [2.05, 4.69) is 11.4 Å². The Labute approximate surface area is 133 Å². The van der Waals surface area contributed by atoms with Crippen LogP contribution in [0, 0.1) is 17.1 Å². The minimum atomic E-state index is -0.330. The Morgan fingerprint density at radius 1 is 1.32 bits per heavy atom. The van der Waals surface area contributed by atoms with Crippen molar-refractivity contribution in [3.8, 4) is 6.07 Å². The Bertz CT molecular complexity index is 721. The van der Waals surface area contributed by atoms with E-state index in [0.717, 1.165) is 11.1 Å². The van der Waals surface area contributed by atoms with Gasteiger partial charge in [0.2, 0.25) is 5.91 Å². The van der Waals surface area contributed by atoms with E-state index in [0.29, 0.717) is 10.6 Å². The molecule has 5 heteroatoms. The number of rotatable bonds is 3. The number of nitriles is 1. The zero-order chi connectivity index (χ0) is 16.3. The van der Waals surface area contributed by atoms with E-state index in [9.17, 15) is 14.4 Å². The SMILES string of the molecule is CC(C)(C)c1csc(NC(=O)Cc2ccc(F)cc2)c1C#N. The second-order valence-corrected chi connectivity index (χ2v) is 6.95. The molecule has 0 fully saturated rings. The van der Waals surface area contributed by atoms with Crippen molar-refractivity contribution in [1.82, 2.24) is 0 Å². The number of carbonyl (C=O) groups is 1. The van der Waals surface area contributed by atoms with Gasteiger partial charge in [-0.25, -0.2) is 4.39 Å². The summed E-state index contributed by atoms with van der Waals surface area (Å²) in [5, 5.41) is 14.6. The molecule has 0 saturated carbocycles. The van der Waals surface area contributed by atoms with Crippen molar-refractivity contribution in [1.29, 1.82) is 5.26 Å². The molecule has 1 aromatic carbocycles. The first-order chi connectivity index (χ1) is 10.3. The summed E-state index contributed by atoms with van der Waals surface area (Å²) in [6.07, 6.45) is 0.147. The normalized spacial score (nSPS) is 11.0. The third-order valence-corrected chi connectivity index (χ3v) is 4.14. The summed E-state index contributed by atoms with van der Waals surface area (Å²) < 4.78 is 12.8. The van der Waals surface area contributed by atoms with Gasteiger partial charge in [0.15, 0.2) is 0 Å². The lowest BCUT2D eigenvalue weighted by Crippen LogP contribution is -2.16. The summed E-state index contributed by atoms with van der Waals surface area (Å²) in [7, 11) is 0. The van der Waals surface area contributed by atoms with E-state index in [1.165, 1.54) is 23.5 Å². The molecule has 1 N–H and O–H groups in total. The Morgan fingerprint density at radius 2 is 1.95 bits per heavy atom. The molecule has 114 valence electrons. The number of hydrogen-bond acceptors (Lipinski definition) is 3. The second-order valence-electron chi connectivity index (χ2n) is 6.07. The van der Waals surface area contributed by atoms with Crippen molar-refractivity contribution in [3.05, 3.63) is 52.2 Å². The number of thiophene rings is 1. The van der Waals surface area contributed by atoms with Crippen LogP contribution >= 0.6 is 11.3 Å². The van der Waals surface area contributed by atoms with Gasteiger partial charge in [-0.1, -0.05) is 32.9 Å². The first kappa shape index (κ1) is 16.2. The predicted octanol–water partition coefficient (Wildman–Crippen LogP) is 4.24. The Kier molecular flexibility index (Phi) is 4.62. The maximum absolute atomic E-state index is 12.8. The van der Waals surface area contributed by atoms with Crippen LogP contribution in [0.1, 0.15) is 37.5 Å². The lowest BCUT2D eigenvalue weighted by molar-refractivity contribution is -0.115. The standard InChI is InChI=1S/C17H17FN2OS/c1-17(2,3)14-10-22-16(13(14)9-19)20-15(21)8-11-4-6-12(18)7-5-11/h4-7,10H,8H2,1-3H3,(H,20,21). The van der Waals surface area contributed by atoms with Gasteiger partial charge in [-0.05, 0) is 34.1 Å². The number of nitrogens with one attached hydrogen (secondary N) is 1. The fourth-order valence-electron chi connectivity index (χ4n) is 2.07. The molecule has 3 nitrogen and oxygen atoms in total. The third kappa shape index (κ3) is 3.71. The molecule has 0 bridgehead atoms. The highest BCUT2D eigenvalue weighted by molar-refractivity contribution is 7.14. The Hall–Kier alpha value is -2.19. The number of benzene rings is 1. The van der Waals surface area contributed by atoms with Gasteiger partial charge in [0.05, 0.1) is 12.0 Å². The molecule has 0 aliphatic heterocycles. The van der Waals surface area contributed by atoms with Crippen LogP contribution in [0.4, 0.5) is 9.39 Å². The van der Waals surface area contributed by atoms with Crippen LogP contribution in [0.5, 0.6) is 0 Å². The van der Waals surface area contributed by atoms with Gasteiger partial charge in [0, 0.05) is 0 Å². The number of hydrogen-bond donors (Lipinski definition) is 1. The van der Waals surface area contributed by atoms with Crippen molar-refractivity contribution in [2.75, 3.05) is 5.32 Å². The van der Waals surface area contributed by atoms with E-state index in [-0.39, 0.29) is 23.6 Å². The van der Waals surface area contributed by atoms with E-state index < -0.39 is 0 Å². The van der Waals surface area contributed by atoms with E-state index in [4.69, 9.17) is 0 Å². The van der Waals surface area contributed by atoms with Gasteiger partial charge in [0.1, 0.15) is 16.9 Å². The lowest BCUT2D eigenvalue weighted by Gasteiger charge is -2.17. The van der Waals surface area contributed by atoms with Crippen molar-refractivity contribution in [2.45, 2.75) is 32.6 Å². The van der Waals surface area contributed by atoms with Crippen molar-refractivity contribution in [2.24, 2.45) is 0 Å². The molecular weight excluding hydrogens is 299 g/mol. The van der Waals surface area contributed by atoms with Crippen LogP contribution in [0.2, 0.25) is 0 Å². The minimum absolute atomic E-state index is 0.147. The van der Waals surface area contributed by atoms with Gasteiger partial charge in [-0.2, -0.15) is 5.26 Å². The molecule has 1 aromatic heterocycles. The zero-order valence-corrected chi connectivity index (χ0v) is 13.6. The Balaban J connectivity index is 2.14. The van der Waals surface area contributed by atoms with Crippen LogP contribution in [0.15, 0.2) is 29.6 Å². The van der Waals surface area contributed by atoms with E-state index in [1.54, 1.807) is 12.1 Å². The monoisotopic (exact) mass is 316 g/mol. The fourth-order valence-corrected chi connectivity index (χ4v) is 3.22. The molecule has 0 atom stereocenters. The average molecular weight is 316 g/mol. The van der Waals surface area contributed by atoms with Gasteiger partial charge in [-0.15, -0.1) is 11.3 Å². The van der Waals surface area contributed by atoms with E-state index in [1.807, 2.05) is 26.2 Å². The molecule has 0 aliphatic carbocycles. The molecule has 2 aromatic rings. The highest BCUT2D eigenvalue weighted by Crippen LogP contribution is 2.35. The lowest BCUT2D eigenvalue weighted by atomic mass is 9.86. The largest absolute Gasteiger partial charge is 0.316 e. The minimum Gasteiger partial charge on any atom is -0.316 e. The van der Waals surface area contributed by atoms with Crippen LogP contribution in [-0.4, -0.2) is 5.91 Å². The summed E-state index contributed by atoms with van der Waals surface area (Å²) >= 11 is 1.35. The van der Waals surface area contributed by atoms with Gasteiger partial charge in [0.25, 0.3) is 0 Å². The average Bonchev–Trinajstić information content (AvgIpc) is 2.84. The number of amides is 1. The molecule has 1 heterocycles. The summed E-state index contributed by atoms with van der Waals surface area (Å²) in [6.45, 7) is 6.08. The second kappa shape index (κ2) is 6.29. The number of halogens is 1. The van der Waals surface area contributed by atoms with E-state index >= 15 is 0 Å².